The highest BCUT2D eigenvalue weighted by Crippen LogP contribution is 2.33. The maximum atomic E-state index is 12.0. The van der Waals surface area contributed by atoms with Crippen LogP contribution in [-0.2, 0) is 11.3 Å². The average Bonchev–Trinajstić information content (AvgIpc) is 3.38. The molecule has 24 heavy (non-hydrogen) atoms. The minimum Gasteiger partial charge on any atom is -0.493 e. The molecular weight excluding hydrogens is 308 g/mol. The first-order valence-corrected chi connectivity index (χ1v) is 8.49. The van der Waals surface area contributed by atoms with Crippen LogP contribution in [-0.4, -0.2) is 55.9 Å². The van der Waals surface area contributed by atoms with E-state index in [0.29, 0.717) is 12.3 Å². The molecule has 1 aliphatic carbocycles. The third-order valence-electron chi connectivity index (χ3n) is 4.91. The summed E-state index contributed by atoms with van der Waals surface area (Å²) in [6.45, 7) is 2.28. The summed E-state index contributed by atoms with van der Waals surface area (Å²) >= 11 is 0. The molecule has 6 nitrogen and oxygen atoms in total. The quantitative estimate of drug-likeness (QED) is 0.779. The van der Waals surface area contributed by atoms with Gasteiger partial charge in [-0.15, -0.1) is 0 Å². The topological polar surface area (TPSA) is 71.0 Å². The van der Waals surface area contributed by atoms with E-state index in [2.05, 4.69) is 10.2 Å². The van der Waals surface area contributed by atoms with Crippen LogP contribution in [0.3, 0.4) is 0 Å². The van der Waals surface area contributed by atoms with Crippen molar-refractivity contribution < 1.29 is 19.4 Å². The average molecular weight is 334 g/mol. The lowest BCUT2D eigenvalue weighted by Crippen LogP contribution is -2.42. The van der Waals surface area contributed by atoms with Gasteiger partial charge in [0.25, 0.3) is 0 Å². The number of rotatable bonds is 7. The van der Waals surface area contributed by atoms with Crippen molar-refractivity contribution in [3.8, 4) is 11.5 Å². The highest BCUT2D eigenvalue weighted by molar-refractivity contribution is 5.81. The van der Waals surface area contributed by atoms with Crippen molar-refractivity contribution in [2.75, 3.05) is 33.9 Å². The van der Waals surface area contributed by atoms with Crippen LogP contribution in [0.4, 0.5) is 0 Å². The molecular formula is C18H26N2O4. The number of nitrogens with one attached hydrogen (secondary N) is 1. The Morgan fingerprint density at radius 2 is 2.08 bits per heavy atom. The first-order valence-electron chi connectivity index (χ1n) is 8.49. The zero-order valence-corrected chi connectivity index (χ0v) is 14.3. The summed E-state index contributed by atoms with van der Waals surface area (Å²) in [6, 6.07) is 5.86. The molecule has 0 spiro atoms. The van der Waals surface area contributed by atoms with Crippen LogP contribution in [0.1, 0.15) is 18.4 Å². The molecule has 2 atom stereocenters. The number of methoxy groups -OCH3 is 2. The fourth-order valence-electron chi connectivity index (χ4n) is 3.40. The molecule has 3 rings (SSSR count). The second kappa shape index (κ2) is 7.40. The van der Waals surface area contributed by atoms with E-state index in [4.69, 9.17) is 9.47 Å². The van der Waals surface area contributed by atoms with E-state index >= 15 is 0 Å². The van der Waals surface area contributed by atoms with Crippen LogP contribution >= 0.6 is 0 Å². The van der Waals surface area contributed by atoms with Crippen LogP contribution in [0.25, 0.3) is 0 Å². The van der Waals surface area contributed by atoms with Crippen molar-refractivity contribution in [2.24, 2.45) is 11.8 Å². The predicted octanol–water partition coefficient (Wildman–Crippen LogP) is 1.02. The fraction of sp³-hybridized carbons (Fsp3) is 0.611. The second-order valence-corrected chi connectivity index (χ2v) is 6.68. The van der Waals surface area contributed by atoms with Gasteiger partial charge in [-0.1, -0.05) is 12.1 Å². The molecule has 2 fully saturated rings. The van der Waals surface area contributed by atoms with Gasteiger partial charge in [-0.3, -0.25) is 9.69 Å². The van der Waals surface area contributed by atoms with Gasteiger partial charge in [-0.2, -0.15) is 0 Å². The molecule has 0 aromatic heterocycles. The van der Waals surface area contributed by atoms with Gasteiger partial charge in [0.15, 0.2) is 11.5 Å². The lowest BCUT2D eigenvalue weighted by Gasteiger charge is -2.19. The van der Waals surface area contributed by atoms with E-state index in [-0.39, 0.29) is 30.4 Å². The van der Waals surface area contributed by atoms with Gasteiger partial charge in [0.2, 0.25) is 5.91 Å². The normalized spacial score (nSPS) is 24.0. The molecule has 1 aromatic rings. The molecule has 1 saturated heterocycles. The molecule has 1 amide bonds. The van der Waals surface area contributed by atoms with Gasteiger partial charge >= 0.3 is 0 Å². The maximum Gasteiger partial charge on any atom is 0.223 e. The number of hydrogen-bond donors (Lipinski definition) is 2. The zero-order chi connectivity index (χ0) is 17.1. The Bertz CT molecular complexity index is 588. The van der Waals surface area contributed by atoms with Crippen molar-refractivity contribution in [3.05, 3.63) is 23.8 Å². The number of aliphatic hydroxyl groups is 1. The Kier molecular flexibility index (Phi) is 5.26. The molecule has 2 N–H and O–H groups in total. The third-order valence-corrected chi connectivity index (χ3v) is 4.91. The monoisotopic (exact) mass is 334 g/mol. The van der Waals surface area contributed by atoms with E-state index in [1.165, 1.54) is 0 Å². The van der Waals surface area contributed by atoms with Crippen molar-refractivity contribution in [2.45, 2.75) is 25.4 Å². The molecule has 2 aliphatic rings. The van der Waals surface area contributed by atoms with Crippen molar-refractivity contribution in [3.63, 3.8) is 0 Å². The van der Waals surface area contributed by atoms with Gasteiger partial charge in [-0.25, -0.2) is 0 Å². The maximum absolute atomic E-state index is 12.0. The lowest BCUT2D eigenvalue weighted by molar-refractivity contribution is -0.123. The van der Waals surface area contributed by atoms with Gasteiger partial charge in [0, 0.05) is 49.7 Å². The SMILES string of the molecule is COc1cccc(CN2C[C@@H](CO)[C@H](NC(=O)C3CC3)C2)c1OC. The van der Waals surface area contributed by atoms with Crippen molar-refractivity contribution in [1.82, 2.24) is 10.2 Å². The summed E-state index contributed by atoms with van der Waals surface area (Å²) in [6.07, 6.45) is 1.99. The molecule has 132 valence electrons. The third kappa shape index (κ3) is 3.65. The van der Waals surface area contributed by atoms with Gasteiger partial charge in [0.05, 0.1) is 14.2 Å². The summed E-state index contributed by atoms with van der Waals surface area (Å²) < 4.78 is 10.8. The van der Waals surface area contributed by atoms with E-state index in [1.807, 2.05) is 18.2 Å². The standard InChI is InChI=1S/C18H26N2O4/c1-23-16-5-3-4-13(17(16)24-2)8-20-9-14(11-21)15(10-20)19-18(22)12-6-7-12/h3-5,12,14-15,21H,6-11H2,1-2H3,(H,19,22)/t14-,15+/m0/s1. The van der Waals surface area contributed by atoms with E-state index in [0.717, 1.165) is 37.2 Å². The Morgan fingerprint density at radius 1 is 1.29 bits per heavy atom. The molecule has 1 heterocycles. The van der Waals surface area contributed by atoms with E-state index in [1.54, 1.807) is 14.2 Å². The highest BCUT2D eigenvalue weighted by atomic mass is 16.5. The fourth-order valence-corrected chi connectivity index (χ4v) is 3.40. The Labute approximate surface area is 142 Å². The molecule has 1 aliphatic heterocycles. The summed E-state index contributed by atoms with van der Waals surface area (Å²) in [5.74, 6) is 1.86. The number of amides is 1. The van der Waals surface area contributed by atoms with Crippen molar-refractivity contribution >= 4 is 5.91 Å². The highest BCUT2D eigenvalue weighted by Gasteiger charge is 2.37. The molecule has 6 heteroatoms. The summed E-state index contributed by atoms with van der Waals surface area (Å²) in [5.41, 5.74) is 1.04. The van der Waals surface area contributed by atoms with Crippen molar-refractivity contribution in [1.29, 1.82) is 0 Å². The number of carbonyl (C=O) groups is 1. The molecule has 1 aromatic carbocycles. The number of nitrogens with zero attached hydrogens (tertiary/aromatic N) is 1. The zero-order valence-electron chi connectivity index (χ0n) is 14.3. The van der Waals surface area contributed by atoms with Crippen LogP contribution in [0.5, 0.6) is 11.5 Å². The molecule has 1 saturated carbocycles. The van der Waals surface area contributed by atoms with Crippen LogP contribution in [0.2, 0.25) is 0 Å². The lowest BCUT2D eigenvalue weighted by atomic mass is 10.1. The van der Waals surface area contributed by atoms with Gasteiger partial charge < -0.3 is 19.9 Å². The number of hydrogen-bond acceptors (Lipinski definition) is 5. The Balaban J connectivity index is 1.66. The Hall–Kier alpha value is -1.79. The largest absolute Gasteiger partial charge is 0.493 e. The van der Waals surface area contributed by atoms with Crippen LogP contribution < -0.4 is 14.8 Å². The van der Waals surface area contributed by atoms with E-state index in [9.17, 15) is 9.90 Å². The summed E-state index contributed by atoms with van der Waals surface area (Å²) in [4.78, 5) is 14.3. The first kappa shape index (κ1) is 17.0. The molecule has 0 unspecified atom stereocenters. The second-order valence-electron chi connectivity index (χ2n) is 6.68. The minimum atomic E-state index is 0.0136. The number of ether oxygens (including phenoxy) is 2. The minimum absolute atomic E-state index is 0.0136. The number of benzene rings is 1. The molecule has 0 radical (unpaired) electrons. The number of carbonyl (C=O) groups excluding carboxylic acids is 1. The number of aliphatic hydroxyl groups excluding tert-OH is 1. The van der Waals surface area contributed by atoms with E-state index < -0.39 is 0 Å². The number of likely N-dealkylation sites (tertiary alicyclic amines) is 1. The number of para-hydroxylation sites is 1. The predicted molar refractivity (Wildman–Crippen MR) is 90.1 cm³/mol. The molecule has 0 bridgehead atoms. The van der Waals surface area contributed by atoms with Crippen LogP contribution in [0.15, 0.2) is 18.2 Å². The summed E-state index contributed by atoms with van der Waals surface area (Å²) in [7, 11) is 3.27. The smallest absolute Gasteiger partial charge is 0.223 e. The Morgan fingerprint density at radius 3 is 2.71 bits per heavy atom. The van der Waals surface area contributed by atoms with Crippen LogP contribution in [0, 0.1) is 11.8 Å². The first-order chi connectivity index (χ1) is 11.7. The van der Waals surface area contributed by atoms with Gasteiger partial charge in [0.1, 0.15) is 0 Å². The summed E-state index contributed by atoms with van der Waals surface area (Å²) in [5, 5.41) is 12.8. The van der Waals surface area contributed by atoms with Gasteiger partial charge in [-0.05, 0) is 18.9 Å².